The Kier molecular flexibility index (Phi) is 7.57. The fourth-order valence-corrected chi connectivity index (χ4v) is 4.39. The first-order valence-corrected chi connectivity index (χ1v) is 10.5. The van der Waals surface area contributed by atoms with Gasteiger partial charge >= 0.3 is 6.09 Å². The second-order valence-corrected chi connectivity index (χ2v) is 7.96. The normalized spacial score (nSPS) is 23.9. The SMILES string of the molecule is CN=C(NCC1CCC(c2ccccc2)CC1)NC1CCN(C(=O)OC)CC1. The highest BCUT2D eigenvalue weighted by molar-refractivity contribution is 5.80. The van der Waals surface area contributed by atoms with Crippen LogP contribution in [0, 0.1) is 5.92 Å². The molecule has 1 amide bonds. The number of guanidine groups is 1. The molecule has 6 heteroatoms. The van der Waals surface area contributed by atoms with Gasteiger partial charge in [0.05, 0.1) is 7.11 Å². The number of ether oxygens (including phenoxy) is 1. The first-order valence-electron chi connectivity index (χ1n) is 10.5. The van der Waals surface area contributed by atoms with Gasteiger partial charge in [0, 0.05) is 32.7 Å². The molecule has 1 aliphatic heterocycles. The number of piperidine rings is 1. The predicted molar refractivity (Wildman–Crippen MR) is 113 cm³/mol. The number of carbonyl (C=O) groups is 1. The number of benzene rings is 1. The molecule has 2 fully saturated rings. The number of rotatable bonds is 4. The minimum Gasteiger partial charge on any atom is -0.453 e. The van der Waals surface area contributed by atoms with E-state index in [1.54, 1.807) is 4.90 Å². The third-order valence-corrected chi connectivity index (χ3v) is 6.17. The summed E-state index contributed by atoms with van der Waals surface area (Å²) in [6.45, 7) is 2.43. The molecule has 1 saturated heterocycles. The van der Waals surface area contributed by atoms with Gasteiger partial charge in [-0.25, -0.2) is 4.79 Å². The maximum Gasteiger partial charge on any atom is 0.409 e. The molecule has 0 unspecified atom stereocenters. The van der Waals surface area contributed by atoms with Crippen LogP contribution in [-0.2, 0) is 4.74 Å². The topological polar surface area (TPSA) is 66.0 Å². The zero-order chi connectivity index (χ0) is 19.8. The number of methoxy groups -OCH3 is 1. The molecule has 1 saturated carbocycles. The molecule has 2 N–H and O–H groups in total. The smallest absolute Gasteiger partial charge is 0.409 e. The average Bonchev–Trinajstić information content (AvgIpc) is 2.77. The van der Waals surface area contributed by atoms with E-state index in [1.807, 2.05) is 7.05 Å². The molecule has 0 spiro atoms. The number of nitrogens with one attached hydrogen (secondary N) is 2. The molecular weight excluding hydrogens is 352 g/mol. The Bertz CT molecular complexity index is 633. The predicted octanol–water partition coefficient (Wildman–Crippen LogP) is 3.36. The summed E-state index contributed by atoms with van der Waals surface area (Å²) >= 11 is 0. The lowest BCUT2D eigenvalue weighted by Crippen LogP contribution is -2.50. The number of hydrogen-bond donors (Lipinski definition) is 2. The first-order chi connectivity index (χ1) is 13.7. The van der Waals surface area contributed by atoms with Crippen molar-refractivity contribution in [1.29, 1.82) is 0 Å². The quantitative estimate of drug-likeness (QED) is 0.615. The van der Waals surface area contributed by atoms with Gasteiger partial charge in [-0.1, -0.05) is 30.3 Å². The van der Waals surface area contributed by atoms with E-state index in [0.717, 1.165) is 44.4 Å². The molecule has 0 radical (unpaired) electrons. The lowest BCUT2D eigenvalue weighted by molar-refractivity contribution is 0.111. The van der Waals surface area contributed by atoms with Crippen LogP contribution in [-0.4, -0.2) is 56.8 Å². The van der Waals surface area contributed by atoms with Crippen molar-refractivity contribution in [3.8, 4) is 0 Å². The standard InChI is InChI=1S/C22H34N4O2/c1-23-21(25-20-12-14-26(15-13-20)22(27)28-2)24-16-17-8-10-19(11-9-17)18-6-4-3-5-7-18/h3-7,17,19-20H,8-16H2,1-2H3,(H2,23,24,25). The van der Waals surface area contributed by atoms with Gasteiger partial charge in [-0.05, 0) is 55.9 Å². The van der Waals surface area contributed by atoms with Crippen LogP contribution in [0.5, 0.6) is 0 Å². The highest BCUT2D eigenvalue weighted by Gasteiger charge is 2.25. The maximum absolute atomic E-state index is 11.6. The van der Waals surface area contributed by atoms with Crippen LogP contribution in [0.25, 0.3) is 0 Å². The Labute approximate surface area is 168 Å². The van der Waals surface area contributed by atoms with Gasteiger partial charge in [-0.2, -0.15) is 0 Å². The fourth-order valence-electron chi connectivity index (χ4n) is 4.39. The zero-order valence-electron chi connectivity index (χ0n) is 17.2. The third-order valence-electron chi connectivity index (χ3n) is 6.17. The van der Waals surface area contributed by atoms with E-state index in [4.69, 9.17) is 4.74 Å². The number of aliphatic imine (C=N–C) groups is 1. The van der Waals surface area contributed by atoms with Crippen LogP contribution in [0.15, 0.2) is 35.3 Å². The van der Waals surface area contributed by atoms with Crippen molar-refractivity contribution < 1.29 is 9.53 Å². The number of amides is 1. The van der Waals surface area contributed by atoms with Crippen LogP contribution in [0.3, 0.4) is 0 Å². The van der Waals surface area contributed by atoms with Crippen LogP contribution >= 0.6 is 0 Å². The summed E-state index contributed by atoms with van der Waals surface area (Å²) in [7, 11) is 3.26. The highest BCUT2D eigenvalue weighted by Crippen LogP contribution is 2.35. The van der Waals surface area contributed by atoms with E-state index < -0.39 is 0 Å². The number of carbonyl (C=O) groups excluding carboxylic acids is 1. The molecule has 2 aliphatic rings. The number of hydrogen-bond acceptors (Lipinski definition) is 3. The van der Waals surface area contributed by atoms with Crippen LogP contribution in [0.1, 0.15) is 50.0 Å². The zero-order valence-corrected chi connectivity index (χ0v) is 17.2. The van der Waals surface area contributed by atoms with E-state index in [9.17, 15) is 4.79 Å². The summed E-state index contributed by atoms with van der Waals surface area (Å²) in [4.78, 5) is 17.7. The Balaban J connectivity index is 1.37. The van der Waals surface area contributed by atoms with Gasteiger partial charge in [0.25, 0.3) is 0 Å². The number of nitrogens with zero attached hydrogens (tertiary/aromatic N) is 2. The molecule has 0 aromatic heterocycles. The summed E-state index contributed by atoms with van der Waals surface area (Å²) in [6.07, 6.45) is 6.67. The average molecular weight is 387 g/mol. The lowest BCUT2D eigenvalue weighted by atomic mass is 9.79. The molecular formula is C22H34N4O2. The largest absolute Gasteiger partial charge is 0.453 e. The molecule has 28 heavy (non-hydrogen) atoms. The Morgan fingerprint density at radius 1 is 1.11 bits per heavy atom. The van der Waals surface area contributed by atoms with Crippen LogP contribution < -0.4 is 10.6 Å². The summed E-state index contributed by atoms with van der Waals surface area (Å²) < 4.78 is 4.80. The van der Waals surface area contributed by atoms with E-state index in [1.165, 1.54) is 38.4 Å². The van der Waals surface area contributed by atoms with Crippen LogP contribution in [0.2, 0.25) is 0 Å². The molecule has 154 valence electrons. The summed E-state index contributed by atoms with van der Waals surface area (Å²) in [5.41, 5.74) is 1.49. The van der Waals surface area contributed by atoms with Crippen molar-refractivity contribution in [1.82, 2.24) is 15.5 Å². The first kappa shape index (κ1) is 20.5. The molecule has 1 heterocycles. The fraction of sp³-hybridized carbons (Fsp3) is 0.636. The van der Waals surface area contributed by atoms with E-state index >= 15 is 0 Å². The van der Waals surface area contributed by atoms with Gasteiger partial charge in [-0.15, -0.1) is 0 Å². The molecule has 1 aromatic rings. The van der Waals surface area contributed by atoms with Crippen LogP contribution in [0.4, 0.5) is 4.79 Å². The monoisotopic (exact) mass is 386 g/mol. The maximum atomic E-state index is 11.6. The van der Waals surface area contributed by atoms with Crippen molar-refractivity contribution in [2.75, 3.05) is 33.8 Å². The van der Waals surface area contributed by atoms with Gasteiger partial charge in [0.2, 0.25) is 0 Å². The second-order valence-electron chi connectivity index (χ2n) is 7.96. The molecule has 1 aromatic carbocycles. The van der Waals surface area contributed by atoms with Crippen molar-refractivity contribution >= 4 is 12.1 Å². The van der Waals surface area contributed by atoms with E-state index in [0.29, 0.717) is 12.0 Å². The lowest BCUT2D eigenvalue weighted by Gasteiger charge is -2.33. The number of likely N-dealkylation sites (tertiary alicyclic amines) is 1. The summed E-state index contributed by atoms with van der Waals surface area (Å²) in [5, 5.41) is 7.04. The Morgan fingerprint density at radius 2 is 1.79 bits per heavy atom. The van der Waals surface area contributed by atoms with Crippen molar-refractivity contribution in [2.24, 2.45) is 10.9 Å². The minimum absolute atomic E-state index is 0.230. The second kappa shape index (κ2) is 10.3. The van der Waals surface area contributed by atoms with Crippen molar-refractivity contribution in [3.05, 3.63) is 35.9 Å². The van der Waals surface area contributed by atoms with E-state index in [2.05, 4.69) is 46.0 Å². The Morgan fingerprint density at radius 3 is 2.39 bits per heavy atom. The van der Waals surface area contributed by atoms with Gasteiger partial charge in [0.1, 0.15) is 0 Å². The minimum atomic E-state index is -0.230. The van der Waals surface area contributed by atoms with E-state index in [-0.39, 0.29) is 6.09 Å². The Hall–Kier alpha value is -2.24. The summed E-state index contributed by atoms with van der Waals surface area (Å²) in [5.74, 6) is 2.30. The molecule has 0 bridgehead atoms. The summed E-state index contributed by atoms with van der Waals surface area (Å²) in [6, 6.07) is 11.3. The molecule has 1 aliphatic carbocycles. The molecule has 6 nitrogen and oxygen atoms in total. The van der Waals surface area contributed by atoms with Gasteiger partial charge in [0.15, 0.2) is 5.96 Å². The van der Waals surface area contributed by atoms with Crippen molar-refractivity contribution in [2.45, 2.75) is 50.5 Å². The van der Waals surface area contributed by atoms with Gasteiger partial charge in [-0.3, -0.25) is 4.99 Å². The molecule has 0 atom stereocenters. The van der Waals surface area contributed by atoms with Gasteiger partial charge < -0.3 is 20.3 Å². The third kappa shape index (κ3) is 5.63. The van der Waals surface area contributed by atoms with Crippen molar-refractivity contribution in [3.63, 3.8) is 0 Å². The highest BCUT2D eigenvalue weighted by atomic mass is 16.5. The molecule has 3 rings (SSSR count).